The van der Waals surface area contributed by atoms with E-state index in [1.807, 2.05) is 60.9 Å². The third-order valence-corrected chi connectivity index (χ3v) is 6.77. The van der Waals surface area contributed by atoms with Crippen LogP contribution in [0.5, 0.6) is 0 Å². The number of nitrogens with zero attached hydrogens (tertiary/aromatic N) is 3. The molecule has 3 heterocycles. The van der Waals surface area contributed by atoms with Crippen LogP contribution < -0.4 is 0 Å². The summed E-state index contributed by atoms with van der Waals surface area (Å²) < 4.78 is 28.2. The Labute approximate surface area is 168 Å². The largest absolute Gasteiger partial charge is 0.343 e. The van der Waals surface area contributed by atoms with E-state index in [0.29, 0.717) is 6.54 Å². The molecule has 5 rings (SSSR count). The molecule has 0 aliphatic heterocycles. The molecule has 0 N–H and O–H groups in total. The molecule has 0 saturated carbocycles. The van der Waals surface area contributed by atoms with Gasteiger partial charge in [0.1, 0.15) is 0 Å². The summed E-state index contributed by atoms with van der Waals surface area (Å²) in [6.45, 7) is 0.658. The number of para-hydroxylation sites is 1. The summed E-state index contributed by atoms with van der Waals surface area (Å²) in [5, 5.41) is 1.88. The predicted octanol–water partition coefficient (Wildman–Crippen LogP) is 4.47. The molecule has 0 spiro atoms. The van der Waals surface area contributed by atoms with Crippen molar-refractivity contribution in [3.63, 3.8) is 0 Å². The van der Waals surface area contributed by atoms with Crippen LogP contribution in [0.25, 0.3) is 21.8 Å². The van der Waals surface area contributed by atoms with Crippen LogP contribution in [0.1, 0.15) is 5.56 Å². The smallest absolute Gasteiger partial charge is 0.208 e. The molecule has 0 radical (unpaired) electrons. The monoisotopic (exact) mass is 399 g/mol. The van der Waals surface area contributed by atoms with Crippen LogP contribution in [0.15, 0.2) is 101 Å². The number of hydrogen-bond donors (Lipinski definition) is 0. The standard InChI is InChI=1S/C23H17N3O2S/c27-29(28,21-13-18-3-1-2-4-22(18)25-15-21)20-7-5-17(6-8-20)16-26-12-10-19-14-24-11-9-23(19)26/h1-15H,16H2. The maximum Gasteiger partial charge on any atom is 0.208 e. The minimum atomic E-state index is -3.62. The van der Waals surface area contributed by atoms with Gasteiger partial charge in [-0.05, 0) is 42.0 Å². The van der Waals surface area contributed by atoms with Gasteiger partial charge >= 0.3 is 0 Å². The van der Waals surface area contributed by atoms with E-state index in [-0.39, 0.29) is 9.79 Å². The lowest BCUT2D eigenvalue weighted by Gasteiger charge is -2.09. The molecule has 0 saturated heterocycles. The highest BCUT2D eigenvalue weighted by Gasteiger charge is 2.18. The van der Waals surface area contributed by atoms with Crippen LogP contribution in [0.3, 0.4) is 0 Å². The van der Waals surface area contributed by atoms with E-state index in [4.69, 9.17) is 0 Å². The number of aromatic nitrogens is 3. The first kappa shape index (κ1) is 17.6. The van der Waals surface area contributed by atoms with Crippen LogP contribution in [0.2, 0.25) is 0 Å². The number of pyridine rings is 2. The molecule has 0 atom stereocenters. The molecule has 0 aliphatic carbocycles. The van der Waals surface area contributed by atoms with Crippen molar-refractivity contribution >= 4 is 31.6 Å². The Bertz CT molecular complexity index is 1440. The van der Waals surface area contributed by atoms with Crippen LogP contribution in [0.4, 0.5) is 0 Å². The molecule has 2 aromatic carbocycles. The Morgan fingerprint density at radius 2 is 1.66 bits per heavy atom. The molecular weight excluding hydrogens is 382 g/mol. The predicted molar refractivity (Wildman–Crippen MR) is 112 cm³/mol. The molecule has 5 nitrogen and oxygen atoms in total. The van der Waals surface area contributed by atoms with Crippen LogP contribution >= 0.6 is 0 Å². The first-order chi connectivity index (χ1) is 14.1. The number of sulfone groups is 1. The van der Waals surface area contributed by atoms with E-state index in [9.17, 15) is 8.42 Å². The lowest BCUT2D eigenvalue weighted by molar-refractivity contribution is 0.596. The zero-order valence-corrected chi connectivity index (χ0v) is 16.3. The molecule has 142 valence electrons. The van der Waals surface area contributed by atoms with Crippen molar-refractivity contribution < 1.29 is 8.42 Å². The van der Waals surface area contributed by atoms with Crippen molar-refractivity contribution in [1.29, 1.82) is 0 Å². The SMILES string of the molecule is O=S(=O)(c1ccc(Cn2ccc3cnccc32)cc1)c1cnc2ccccc2c1. The van der Waals surface area contributed by atoms with Gasteiger partial charge < -0.3 is 4.57 Å². The highest BCUT2D eigenvalue weighted by molar-refractivity contribution is 7.91. The third kappa shape index (κ3) is 3.17. The van der Waals surface area contributed by atoms with E-state index in [0.717, 1.165) is 27.4 Å². The third-order valence-electron chi connectivity index (χ3n) is 5.03. The second kappa shape index (κ2) is 6.83. The summed E-state index contributed by atoms with van der Waals surface area (Å²) in [6, 6.07) is 20.2. The molecule has 0 aliphatic rings. The zero-order valence-electron chi connectivity index (χ0n) is 15.4. The summed E-state index contributed by atoms with van der Waals surface area (Å²) in [4.78, 5) is 8.88. The fourth-order valence-electron chi connectivity index (χ4n) is 3.48. The maximum absolute atomic E-state index is 13.0. The molecule has 3 aromatic heterocycles. The van der Waals surface area contributed by atoms with Crippen molar-refractivity contribution in [3.8, 4) is 0 Å². The summed E-state index contributed by atoms with van der Waals surface area (Å²) in [6.07, 6.45) is 7.04. The maximum atomic E-state index is 13.0. The van der Waals surface area contributed by atoms with Gasteiger partial charge in [0.05, 0.1) is 20.8 Å². The fourth-order valence-corrected chi connectivity index (χ4v) is 4.72. The summed E-state index contributed by atoms with van der Waals surface area (Å²) in [5.74, 6) is 0. The Hall–Kier alpha value is -3.51. The van der Waals surface area contributed by atoms with E-state index in [1.54, 1.807) is 24.4 Å². The van der Waals surface area contributed by atoms with Gasteiger partial charge in [-0.15, -0.1) is 0 Å². The summed E-state index contributed by atoms with van der Waals surface area (Å²) in [5.41, 5.74) is 2.89. The molecule has 29 heavy (non-hydrogen) atoms. The lowest BCUT2D eigenvalue weighted by atomic mass is 10.2. The summed E-state index contributed by atoms with van der Waals surface area (Å²) in [7, 11) is -3.62. The molecular formula is C23H17N3O2S. The first-order valence-corrected chi connectivity index (χ1v) is 10.7. The van der Waals surface area contributed by atoms with Crippen LogP contribution in [-0.2, 0) is 16.4 Å². The zero-order chi connectivity index (χ0) is 19.8. The second-order valence-electron chi connectivity index (χ2n) is 6.89. The van der Waals surface area contributed by atoms with Gasteiger partial charge in [0, 0.05) is 42.1 Å². The Balaban J connectivity index is 1.45. The first-order valence-electron chi connectivity index (χ1n) is 9.19. The van der Waals surface area contributed by atoms with Crippen molar-refractivity contribution in [2.75, 3.05) is 0 Å². The van der Waals surface area contributed by atoms with Gasteiger partial charge in [0.25, 0.3) is 0 Å². The average Bonchev–Trinajstić information content (AvgIpc) is 3.17. The van der Waals surface area contributed by atoms with Gasteiger partial charge in [0.2, 0.25) is 9.84 Å². The highest BCUT2D eigenvalue weighted by Crippen LogP contribution is 2.24. The fraction of sp³-hybridized carbons (Fsp3) is 0.0435. The molecule has 0 fully saturated rings. The number of benzene rings is 2. The van der Waals surface area contributed by atoms with E-state index >= 15 is 0 Å². The molecule has 6 heteroatoms. The second-order valence-corrected chi connectivity index (χ2v) is 8.84. The van der Waals surface area contributed by atoms with Gasteiger partial charge in [-0.1, -0.05) is 30.3 Å². The Kier molecular flexibility index (Phi) is 4.14. The number of fused-ring (bicyclic) bond motifs is 2. The molecule has 0 bridgehead atoms. The number of hydrogen-bond acceptors (Lipinski definition) is 4. The van der Waals surface area contributed by atoms with E-state index in [1.165, 1.54) is 6.20 Å². The van der Waals surface area contributed by atoms with Crippen molar-refractivity contribution in [3.05, 3.63) is 97.1 Å². The van der Waals surface area contributed by atoms with E-state index in [2.05, 4.69) is 14.5 Å². The average molecular weight is 399 g/mol. The topological polar surface area (TPSA) is 64.8 Å². The minimum Gasteiger partial charge on any atom is -0.343 e. The van der Waals surface area contributed by atoms with Gasteiger partial charge in [-0.25, -0.2) is 8.42 Å². The minimum absolute atomic E-state index is 0.202. The van der Waals surface area contributed by atoms with Gasteiger partial charge in [-0.3, -0.25) is 9.97 Å². The summed E-state index contributed by atoms with van der Waals surface area (Å²) >= 11 is 0. The number of rotatable bonds is 4. The quantitative estimate of drug-likeness (QED) is 0.447. The van der Waals surface area contributed by atoms with Crippen molar-refractivity contribution in [1.82, 2.24) is 14.5 Å². The van der Waals surface area contributed by atoms with Gasteiger partial charge in [-0.2, -0.15) is 0 Å². The van der Waals surface area contributed by atoms with Gasteiger partial charge in [0.15, 0.2) is 0 Å². The van der Waals surface area contributed by atoms with E-state index < -0.39 is 9.84 Å². The Morgan fingerprint density at radius 1 is 0.828 bits per heavy atom. The van der Waals surface area contributed by atoms with Crippen LogP contribution in [0, 0.1) is 0 Å². The van der Waals surface area contributed by atoms with Crippen molar-refractivity contribution in [2.24, 2.45) is 0 Å². The van der Waals surface area contributed by atoms with Crippen LogP contribution in [-0.4, -0.2) is 23.0 Å². The Morgan fingerprint density at radius 3 is 2.52 bits per heavy atom. The van der Waals surface area contributed by atoms with Crippen molar-refractivity contribution in [2.45, 2.75) is 16.3 Å². The molecule has 0 unspecified atom stereocenters. The normalized spacial score (nSPS) is 11.9. The molecule has 5 aromatic rings. The highest BCUT2D eigenvalue weighted by atomic mass is 32.2. The molecule has 0 amide bonds. The lowest BCUT2D eigenvalue weighted by Crippen LogP contribution is -2.04.